The fraction of sp³-hybridized carbons (Fsp3) is 0.312. The molecule has 1 atom stereocenters. The second-order valence-corrected chi connectivity index (χ2v) is 4.86. The van der Waals surface area contributed by atoms with E-state index < -0.39 is 0 Å². The standard InChI is InChI=1S/C16H21N3O/c1-12-3-6-16(20-2)14(11-12)15(19-17)5-4-13-7-9-18-10-8-13/h3,6-11,15,19H,4-5,17H2,1-2H3. The van der Waals surface area contributed by atoms with Gasteiger partial charge in [-0.1, -0.05) is 17.7 Å². The van der Waals surface area contributed by atoms with Gasteiger partial charge in [0.2, 0.25) is 0 Å². The molecule has 0 radical (unpaired) electrons. The zero-order valence-electron chi connectivity index (χ0n) is 12.0. The molecule has 1 aromatic heterocycles. The second kappa shape index (κ2) is 7.03. The molecule has 0 aliphatic rings. The predicted octanol–water partition coefficient (Wildman–Crippen LogP) is 2.54. The minimum atomic E-state index is 0.0676. The molecule has 1 heterocycles. The summed E-state index contributed by atoms with van der Waals surface area (Å²) >= 11 is 0. The number of ether oxygens (including phenoxy) is 1. The van der Waals surface area contributed by atoms with Gasteiger partial charge in [0.05, 0.1) is 7.11 Å². The SMILES string of the molecule is COc1ccc(C)cc1C(CCc1ccncc1)NN. The molecular weight excluding hydrogens is 250 g/mol. The number of hydrogen-bond donors (Lipinski definition) is 2. The first kappa shape index (κ1) is 14.5. The molecular formula is C16H21N3O. The molecule has 0 aliphatic carbocycles. The van der Waals surface area contributed by atoms with E-state index in [4.69, 9.17) is 10.6 Å². The van der Waals surface area contributed by atoms with Gasteiger partial charge in [0.15, 0.2) is 0 Å². The van der Waals surface area contributed by atoms with Crippen LogP contribution in [0.4, 0.5) is 0 Å². The van der Waals surface area contributed by atoms with Crippen LogP contribution in [0.3, 0.4) is 0 Å². The van der Waals surface area contributed by atoms with E-state index in [0.717, 1.165) is 24.2 Å². The van der Waals surface area contributed by atoms with Crippen molar-refractivity contribution >= 4 is 0 Å². The first-order valence-corrected chi connectivity index (χ1v) is 6.74. The van der Waals surface area contributed by atoms with Crippen molar-refractivity contribution in [3.05, 3.63) is 59.4 Å². The van der Waals surface area contributed by atoms with Crippen molar-refractivity contribution in [2.75, 3.05) is 7.11 Å². The first-order chi connectivity index (χ1) is 9.74. The Bertz CT molecular complexity index is 543. The van der Waals surface area contributed by atoms with Crippen molar-refractivity contribution in [2.45, 2.75) is 25.8 Å². The third-order valence-corrected chi connectivity index (χ3v) is 3.43. The molecule has 2 rings (SSSR count). The molecule has 0 spiro atoms. The number of pyridine rings is 1. The van der Waals surface area contributed by atoms with Crippen molar-refractivity contribution in [3.63, 3.8) is 0 Å². The van der Waals surface area contributed by atoms with Gasteiger partial charge in [-0.2, -0.15) is 0 Å². The number of methoxy groups -OCH3 is 1. The van der Waals surface area contributed by atoms with Crippen LogP contribution in [0.2, 0.25) is 0 Å². The molecule has 0 saturated carbocycles. The smallest absolute Gasteiger partial charge is 0.123 e. The Morgan fingerprint density at radius 1 is 1.25 bits per heavy atom. The molecule has 4 heteroatoms. The van der Waals surface area contributed by atoms with Gasteiger partial charge in [0, 0.05) is 24.0 Å². The third kappa shape index (κ3) is 3.56. The largest absolute Gasteiger partial charge is 0.496 e. The monoisotopic (exact) mass is 271 g/mol. The van der Waals surface area contributed by atoms with Gasteiger partial charge in [0.25, 0.3) is 0 Å². The van der Waals surface area contributed by atoms with Crippen LogP contribution >= 0.6 is 0 Å². The van der Waals surface area contributed by atoms with Gasteiger partial charge in [-0.15, -0.1) is 0 Å². The summed E-state index contributed by atoms with van der Waals surface area (Å²) in [7, 11) is 1.69. The highest BCUT2D eigenvalue weighted by molar-refractivity contribution is 5.39. The number of nitrogens with two attached hydrogens (primary N) is 1. The molecule has 2 aromatic rings. The Morgan fingerprint density at radius 3 is 2.65 bits per heavy atom. The zero-order valence-corrected chi connectivity index (χ0v) is 12.0. The van der Waals surface area contributed by atoms with E-state index in [9.17, 15) is 0 Å². The van der Waals surface area contributed by atoms with Crippen molar-refractivity contribution < 1.29 is 4.74 Å². The lowest BCUT2D eigenvalue weighted by Crippen LogP contribution is -2.28. The molecule has 106 valence electrons. The number of nitrogens with one attached hydrogen (secondary N) is 1. The Balaban J connectivity index is 2.14. The summed E-state index contributed by atoms with van der Waals surface area (Å²) in [5, 5.41) is 0. The van der Waals surface area contributed by atoms with Gasteiger partial charge in [0.1, 0.15) is 5.75 Å². The fourth-order valence-corrected chi connectivity index (χ4v) is 2.32. The molecule has 0 amide bonds. The summed E-state index contributed by atoms with van der Waals surface area (Å²) < 4.78 is 5.43. The van der Waals surface area contributed by atoms with Crippen LogP contribution in [0.1, 0.15) is 29.2 Å². The van der Waals surface area contributed by atoms with E-state index >= 15 is 0 Å². The second-order valence-electron chi connectivity index (χ2n) is 4.86. The highest BCUT2D eigenvalue weighted by Gasteiger charge is 2.15. The average molecular weight is 271 g/mol. The van der Waals surface area contributed by atoms with Crippen LogP contribution in [-0.4, -0.2) is 12.1 Å². The Morgan fingerprint density at radius 2 is 2.00 bits per heavy atom. The summed E-state index contributed by atoms with van der Waals surface area (Å²) in [6.45, 7) is 2.07. The molecule has 3 N–H and O–H groups in total. The summed E-state index contributed by atoms with van der Waals surface area (Å²) in [6.07, 6.45) is 5.47. The number of aromatic nitrogens is 1. The quantitative estimate of drug-likeness (QED) is 0.626. The maximum Gasteiger partial charge on any atom is 0.123 e. The average Bonchev–Trinajstić information content (AvgIpc) is 2.49. The topological polar surface area (TPSA) is 60.2 Å². The predicted molar refractivity (Wildman–Crippen MR) is 80.4 cm³/mol. The van der Waals surface area contributed by atoms with E-state index in [1.165, 1.54) is 11.1 Å². The Kier molecular flexibility index (Phi) is 5.09. The molecule has 0 fully saturated rings. The Labute approximate surface area is 120 Å². The fourth-order valence-electron chi connectivity index (χ4n) is 2.32. The number of hydrogen-bond acceptors (Lipinski definition) is 4. The molecule has 1 unspecified atom stereocenters. The number of nitrogens with zero attached hydrogens (tertiary/aromatic N) is 1. The maximum absolute atomic E-state index is 5.72. The summed E-state index contributed by atoms with van der Waals surface area (Å²) in [5.74, 6) is 6.59. The molecule has 1 aromatic carbocycles. The number of benzene rings is 1. The lowest BCUT2D eigenvalue weighted by molar-refractivity contribution is 0.396. The van der Waals surface area contributed by atoms with Crippen LogP contribution in [-0.2, 0) is 6.42 Å². The van der Waals surface area contributed by atoms with E-state index in [0.29, 0.717) is 0 Å². The van der Waals surface area contributed by atoms with Crippen LogP contribution < -0.4 is 16.0 Å². The van der Waals surface area contributed by atoms with Gasteiger partial charge in [-0.25, -0.2) is 0 Å². The minimum Gasteiger partial charge on any atom is -0.496 e. The van der Waals surface area contributed by atoms with E-state index in [2.05, 4.69) is 23.4 Å². The van der Waals surface area contributed by atoms with Crippen molar-refractivity contribution in [2.24, 2.45) is 5.84 Å². The number of rotatable bonds is 6. The van der Waals surface area contributed by atoms with Crippen LogP contribution in [0, 0.1) is 6.92 Å². The van der Waals surface area contributed by atoms with E-state index in [-0.39, 0.29) is 6.04 Å². The lowest BCUT2D eigenvalue weighted by atomic mass is 9.97. The number of aryl methyl sites for hydroxylation is 2. The van der Waals surface area contributed by atoms with Gasteiger partial charge in [-0.05, 0) is 43.5 Å². The maximum atomic E-state index is 5.72. The van der Waals surface area contributed by atoms with E-state index in [1.54, 1.807) is 7.11 Å². The first-order valence-electron chi connectivity index (χ1n) is 6.74. The van der Waals surface area contributed by atoms with Crippen LogP contribution in [0.25, 0.3) is 0 Å². The molecule has 0 saturated heterocycles. The van der Waals surface area contributed by atoms with Crippen LogP contribution in [0.15, 0.2) is 42.7 Å². The molecule has 20 heavy (non-hydrogen) atoms. The normalized spacial score (nSPS) is 12.2. The lowest BCUT2D eigenvalue weighted by Gasteiger charge is -2.19. The zero-order chi connectivity index (χ0) is 14.4. The molecule has 0 bridgehead atoms. The van der Waals surface area contributed by atoms with Gasteiger partial charge >= 0.3 is 0 Å². The molecule has 4 nitrogen and oxygen atoms in total. The highest BCUT2D eigenvalue weighted by atomic mass is 16.5. The summed E-state index contributed by atoms with van der Waals surface area (Å²) in [5.41, 5.74) is 6.45. The van der Waals surface area contributed by atoms with Crippen LogP contribution in [0.5, 0.6) is 5.75 Å². The van der Waals surface area contributed by atoms with Crippen molar-refractivity contribution in [3.8, 4) is 5.75 Å². The summed E-state index contributed by atoms with van der Waals surface area (Å²) in [6, 6.07) is 10.3. The minimum absolute atomic E-state index is 0.0676. The van der Waals surface area contributed by atoms with Gasteiger partial charge < -0.3 is 4.74 Å². The van der Waals surface area contributed by atoms with Crippen molar-refractivity contribution in [1.29, 1.82) is 0 Å². The number of hydrazine groups is 1. The highest BCUT2D eigenvalue weighted by Crippen LogP contribution is 2.28. The van der Waals surface area contributed by atoms with Crippen molar-refractivity contribution in [1.82, 2.24) is 10.4 Å². The summed E-state index contributed by atoms with van der Waals surface area (Å²) in [4.78, 5) is 4.03. The third-order valence-electron chi connectivity index (χ3n) is 3.43. The molecule has 0 aliphatic heterocycles. The van der Waals surface area contributed by atoms with Gasteiger partial charge in [-0.3, -0.25) is 16.3 Å². The van der Waals surface area contributed by atoms with E-state index in [1.807, 2.05) is 36.7 Å². The Hall–Kier alpha value is -1.91.